The van der Waals surface area contributed by atoms with Crippen molar-refractivity contribution < 1.29 is 14.3 Å². The van der Waals surface area contributed by atoms with Crippen molar-refractivity contribution in [2.75, 3.05) is 12.7 Å². The van der Waals surface area contributed by atoms with E-state index in [4.69, 9.17) is 16.3 Å². The van der Waals surface area contributed by atoms with E-state index in [2.05, 4.69) is 4.74 Å². The molecule has 0 aromatic rings. The Morgan fingerprint density at radius 2 is 2.08 bits per heavy atom. The third-order valence-electron chi connectivity index (χ3n) is 1.32. The predicted octanol–water partition coefficient (Wildman–Crippen LogP) is 1.93. The van der Waals surface area contributed by atoms with Gasteiger partial charge in [0.1, 0.15) is 0 Å². The average Bonchev–Trinajstić information content (AvgIpc) is 1.85. The van der Waals surface area contributed by atoms with E-state index < -0.39 is 5.60 Å². The van der Waals surface area contributed by atoms with Crippen molar-refractivity contribution in [2.45, 2.75) is 32.8 Å². The molecule has 0 saturated heterocycles. The Hall–Kier alpha value is -0.280. The molecular weight excluding hydrogens is 180 g/mol. The largest absolute Gasteiger partial charge is 0.449 e. The minimum atomic E-state index is -0.460. The second kappa shape index (κ2) is 5.38. The zero-order chi connectivity index (χ0) is 9.61. The standard InChI is InChI=1S/C8H15ClO3/c1-4-12-8(2,3)5-7(10)11-6-9/h4-6H2,1-3H3. The fraction of sp³-hybridized carbons (Fsp3) is 0.875. The highest BCUT2D eigenvalue weighted by Crippen LogP contribution is 2.14. The first-order valence-electron chi connectivity index (χ1n) is 3.87. The lowest BCUT2D eigenvalue weighted by Gasteiger charge is -2.22. The van der Waals surface area contributed by atoms with Crippen LogP contribution in [-0.2, 0) is 14.3 Å². The lowest BCUT2D eigenvalue weighted by atomic mass is 10.1. The summed E-state index contributed by atoms with van der Waals surface area (Å²) in [6.45, 7) is 6.15. The summed E-state index contributed by atoms with van der Waals surface area (Å²) in [4.78, 5) is 10.9. The highest BCUT2D eigenvalue weighted by atomic mass is 35.5. The zero-order valence-electron chi connectivity index (χ0n) is 7.72. The lowest BCUT2D eigenvalue weighted by molar-refractivity contribution is -0.148. The number of ether oxygens (including phenoxy) is 2. The van der Waals surface area contributed by atoms with Crippen LogP contribution in [0.25, 0.3) is 0 Å². The summed E-state index contributed by atoms with van der Waals surface area (Å²) < 4.78 is 9.87. The van der Waals surface area contributed by atoms with Crippen LogP contribution in [0.5, 0.6) is 0 Å². The topological polar surface area (TPSA) is 35.5 Å². The molecule has 0 aromatic heterocycles. The van der Waals surface area contributed by atoms with Crippen LogP contribution in [0.2, 0.25) is 0 Å². The lowest BCUT2D eigenvalue weighted by Crippen LogP contribution is -2.28. The summed E-state index contributed by atoms with van der Waals surface area (Å²) in [5.74, 6) is -0.330. The molecule has 0 fully saturated rings. The summed E-state index contributed by atoms with van der Waals surface area (Å²) in [5, 5.41) is 0. The van der Waals surface area contributed by atoms with E-state index in [-0.39, 0.29) is 18.5 Å². The first-order chi connectivity index (χ1) is 5.52. The summed E-state index contributed by atoms with van der Waals surface area (Å²) >= 11 is 5.22. The molecule has 4 heteroatoms. The van der Waals surface area contributed by atoms with Crippen LogP contribution < -0.4 is 0 Å². The Morgan fingerprint density at radius 1 is 1.50 bits per heavy atom. The molecule has 3 nitrogen and oxygen atoms in total. The number of hydrogen-bond acceptors (Lipinski definition) is 3. The van der Waals surface area contributed by atoms with Crippen molar-refractivity contribution >= 4 is 17.6 Å². The van der Waals surface area contributed by atoms with Crippen LogP contribution in [0.15, 0.2) is 0 Å². The van der Waals surface area contributed by atoms with Crippen molar-refractivity contribution in [3.8, 4) is 0 Å². The second-order valence-electron chi connectivity index (χ2n) is 2.99. The van der Waals surface area contributed by atoms with Gasteiger partial charge < -0.3 is 9.47 Å². The number of rotatable bonds is 5. The zero-order valence-corrected chi connectivity index (χ0v) is 8.48. The smallest absolute Gasteiger partial charge is 0.309 e. The van der Waals surface area contributed by atoms with Gasteiger partial charge >= 0.3 is 5.97 Å². The molecule has 0 N–H and O–H groups in total. The number of esters is 1. The minimum absolute atomic E-state index is 0.0962. The van der Waals surface area contributed by atoms with E-state index in [9.17, 15) is 4.79 Å². The number of halogens is 1. The average molecular weight is 195 g/mol. The van der Waals surface area contributed by atoms with E-state index in [1.165, 1.54) is 0 Å². The van der Waals surface area contributed by atoms with Gasteiger partial charge in [-0.15, -0.1) is 0 Å². The van der Waals surface area contributed by atoms with Crippen LogP contribution in [0.1, 0.15) is 27.2 Å². The molecule has 0 saturated carbocycles. The van der Waals surface area contributed by atoms with Gasteiger partial charge in [0.25, 0.3) is 0 Å². The molecule has 0 unspecified atom stereocenters. The Labute approximate surface area is 78.0 Å². The Balaban J connectivity index is 3.79. The molecule has 0 aliphatic rings. The summed E-state index contributed by atoms with van der Waals surface area (Å²) in [7, 11) is 0. The van der Waals surface area contributed by atoms with Crippen LogP contribution in [0.4, 0.5) is 0 Å². The maximum atomic E-state index is 10.9. The van der Waals surface area contributed by atoms with Gasteiger partial charge in [0.15, 0.2) is 6.07 Å². The maximum absolute atomic E-state index is 10.9. The second-order valence-corrected chi connectivity index (χ2v) is 3.21. The van der Waals surface area contributed by atoms with Gasteiger partial charge in [-0.3, -0.25) is 4.79 Å². The molecule has 0 atom stereocenters. The molecule has 0 heterocycles. The van der Waals surface area contributed by atoms with Gasteiger partial charge in [-0.25, -0.2) is 0 Å². The molecule has 0 aliphatic carbocycles. The van der Waals surface area contributed by atoms with Crippen molar-refractivity contribution in [1.29, 1.82) is 0 Å². The number of carbonyl (C=O) groups excluding carboxylic acids is 1. The Morgan fingerprint density at radius 3 is 2.50 bits per heavy atom. The van der Waals surface area contributed by atoms with E-state index in [1.54, 1.807) is 0 Å². The van der Waals surface area contributed by atoms with Crippen molar-refractivity contribution in [3.05, 3.63) is 0 Å². The third-order valence-corrected chi connectivity index (χ3v) is 1.43. The number of carbonyl (C=O) groups is 1. The summed E-state index contributed by atoms with van der Waals surface area (Å²) in [6, 6.07) is -0.0962. The van der Waals surface area contributed by atoms with E-state index >= 15 is 0 Å². The monoisotopic (exact) mass is 194 g/mol. The van der Waals surface area contributed by atoms with Gasteiger partial charge in [0.2, 0.25) is 0 Å². The van der Waals surface area contributed by atoms with Crippen molar-refractivity contribution in [3.63, 3.8) is 0 Å². The van der Waals surface area contributed by atoms with Gasteiger partial charge in [-0.2, -0.15) is 0 Å². The summed E-state index contributed by atoms with van der Waals surface area (Å²) in [5.41, 5.74) is -0.460. The van der Waals surface area contributed by atoms with Gasteiger partial charge in [-0.1, -0.05) is 11.6 Å². The predicted molar refractivity (Wildman–Crippen MR) is 47.1 cm³/mol. The molecular formula is C8H15ClO3. The highest BCUT2D eigenvalue weighted by molar-refractivity contribution is 6.17. The van der Waals surface area contributed by atoms with E-state index in [0.29, 0.717) is 6.61 Å². The molecule has 0 amide bonds. The molecule has 0 aliphatic heterocycles. The fourth-order valence-electron chi connectivity index (χ4n) is 0.901. The number of alkyl halides is 1. The van der Waals surface area contributed by atoms with Crippen LogP contribution in [0.3, 0.4) is 0 Å². The molecule has 0 aromatic carbocycles. The summed E-state index contributed by atoms with van der Waals surface area (Å²) in [6.07, 6.45) is 0.230. The van der Waals surface area contributed by atoms with E-state index in [1.807, 2.05) is 20.8 Å². The normalized spacial score (nSPS) is 11.3. The molecule has 0 rings (SSSR count). The van der Waals surface area contributed by atoms with Gasteiger partial charge in [0.05, 0.1) is 12.0 Å². The maximum Gasteiger partial charge on any atom is 0.309 e. The van der Waals surface area contributed by atoms with Crippen LogP contribution in [0, 0.1) is 0 Å². The first-order valence-corrected chi connectivity index (χ1v) is 4.41. The molecule has 0 bridgehead atoms. The molecule has 0 radical (unpaired) electrons. The first kappa shape index (κ1) is 11.7. The molecule has 12 heavy (non-hydrogen) atoms. The van der Waals surface area contributed by atoms with Gasteiger partial charge in [-0.05, 0) is 20.8 Å². The SMILES string of the molecule is CCOC(C)(C)CC(=O)OCCl. The van der Waals surface area contributed by atoms with Gasteiger partial charge in [0, 0.05) is 6.61 Å². The minimum Gasteiger partial charge on any atom is -0.449 e. The Kier molecular flexibility index (Phi) is 5.25. The highest BCUT2D eigenvalue weighted by Gasteiger charge is 2.22. The van der Waals surface area contributed by atoms with E-state index in [0.717, 1.165) is 0 Å². The number of hydrogen-bond donors (Lipinski definition) is 0. The molecule has 72 valence electrons. The quantitative estimate of drug-likeness (QED) is 0.496. The Bertz CT molecular complexity index is 145. The van der Waals surface area contributed by atoms with Crippen molar-refractivity contribution in [1.82, 2.24) is 0 Å². The fourth-order valence-corrected chi connectivity index (χ4v) is 1.02. The third kappa shape index (κ3) is 5.38. The molecule has 0 spiro atoms. The van der Waals surface area contributed by atoms with Crippen LogP contribution >= 0.6 is 11.6 Å². The van der Waals surface area contributed by atoms with Crippen LogP contribution in [-0.4, -0.2) is 24.2 Å². The van der Waals surface area contributed by atoms with Crippen molar-refractivity contribution in [2.24, 2.45) is 0 Å².